The maximum Gasteiger partial charge on any atom is 0.0733 e. The van der Waals surface area contributed by atoms with Gasteiger partial charge in [0.1, 0.15) is 0 Å². The number of pyridine rings is 1. The molecule has 0 spiro atoms. The minimum atomic E-state index is -0.0229. The lowest BCUT2D eigenvalue weighted by atomic mass is 9.97. The highest BCUT2D eigenvalue weighted by Gasteiger charge is 2.44. The number of hydrogen-bond acceptors (Lipinski definition) is 1. The molecule has 0 radical (unpaired) electrons. The maximum absolute atomic E-state index is 5.54. The van der Waals surface area contributed by atoms with Crippen LogP contribution in [0.2, 0.25) is 0 Å². The lowest BCUT2D eigenvalue weighted by molar-refractivity contribution is 0.824. The van der Waals surface area contributed by atoms with Gasteiger partial charge in [-0.1, -0.05) is 19.8 Å². The molecule has 0 aromatic carbocycles. The SMILES string of the molecule is C#CC1(c2cc(C(C)C)ccn2)CC1. The number of rotatable bonds is 2. The van der Waals surface area contributed by atoms with E-state index >= 15 is 0 Å². The van der Waals surface area contributed by atoms with Crippen molar-refractivity contribution in [1.29, 1.82) is 0 Å². The molecule has 1 aliphatic rings. The van der Waals surface area contributed by atoms with Crippen LogP contribution in [0.15, 0.2) is 18.3 Å². The van der Waals surface area contributed by atoms with E-state index in [-0.39, 0.29) is 5.41 Å². The van der Waals surface area contributed by atoms with E-state index in [0.717, 1.165) is 18.5 Å². The van der Waals surface area contributed by atoms with E-state index < -0.39 is 0 Å². The van der Waals surface area contributed by atoms with Gasteiger partial charge >= 0.3 is 0 Å². The van der Waals surface area contributed by atoms with Gasteiger partial charge in [-0.2, -0.15) is 0 Å². The third-order valence-corrected chi connectivity index (χ3v) is 2.97. The van der Waals surface area contributed by atoms with Crippen LogP contribution in [-0.2, 0) is 5.41 Å². The Labute approximate surface area is 85.6 Å². The molecule has 1 heterocycles. The summed E-state index contributed by atoms with van der Waals surface area (Å²) in [4.78, 5) is 4.38. The van der Waals surface area contributed by atoms with Crippen molar-refractivity contribution in [2.24, 2.45) is 0 Å². The van der Waals surface area contributed by atoms with Crippen molar-refractivity contribution in [1.82, 2.24) is 4.98 Å². The summed E-state index contributed by atoms with van der Waals surface area (Å²) >= 11 is 0. The molecule has 72 valence electrons. The van der Waals surface area contributed by atoms with Gasteiger partial charge in [0.05, 0.1) is 11.1 Å². The Morgan fingerprint density at radius 1 is 1.50 bits per heavy atom. The highest BCUT2D eigenvalue weighted by atomic mass is 14.7. The first-order valence-electron chi connectivity index (χ1n) is 5.12. The van der Waals surface area contributed by atoms with Crippen LogP contribution < -0.4 is 0 Å². The molecule has 1 aromatic heterocycles. The molecule has 0 unspecified atom stereocenters. The Morgan fingerprint density at radius 3 is 2.71 bits per heavy atom. The monoisotopic (exact) mass is 185 g/mol. The normalized spacial score (nSPS) is 17.9. The van der Waals surface area contributed by atoms with Crippen molar-refractivity contribution in [3.05, 3.63) is 29.6 Å². The van der Waals surface area contributed by atoms with Crippen LogP contribution in [0, 0.1) is 12.3 Å². The van der Waals surface area contributed by atoms with Crippen LogP contribution in [0.25, 0.3) is 0 Å². The summed E-state index contributed by atoms with van der Waals surface area (Å²) in [6.07, 6.45) is 9.60. The highest BCUT2D eigenvalue weighted by Crippen LogP contribution is 2.46. The molecule has 0 N–H and O–H groups in total. The van der Waals surface area contributed by atoms with Crippen molar-refractivity contribution in [3.63, 3.8) is 0 Å². The molecule has 0 bridgehead atoms. The Kier molecular flexibility index (Phi) is 2.07. The molecule has 14 heavy (non-hydrogen) atoms. The highest BCUT2D eigenvalue weighted by molar-refractivity contribution is 5.38. The molecule has 0 aliphatic heterocycles. The van der Waals surface area contributed by atoms with Crippen molar-refractivity contribution in [3.8, 4) is 12.3 Å². The lowest BCUT2D eigenvalue weighted by Gasteiger charge is -2.10. The molecular formula is C13H15N. The van der Waals surface area contributed by atoms with E-state index in [1.54, 1.807) is 0 Å². The Morgan fingerprint density at radius 2 is 2.21 bits per heavy atom. The Bertz CT molecular complexity index is 380. The maximum atomic E-state index is 5.54. The molecule has 1 nitrogen and oxygen atoms in total. The predicted molar refractivity (Wildman–Crippen MR) is 58.1 cm³/mol. The van der Waals surface area contributed by atoms with E-state index in [1.807, 2.05) is 6.20 Å². The van der Waals surface area contributed by atoms with E-state index in [0.29, 0.717) is 5.92 Å². The summed E-state index contributed by atoms with van der Waals surface area (Å²) in [5.41, 5.74) is 2.40. The predicted octanol–water partition coefficient (Wildman–Crippen LogP) is 2.87. The minimum Gasteiger partial charge on any atom is -0.260 e. The fourth-order valence-corrected chi connectivity index (χ4v) is 1.67. The third-order valence-electron chi connectivity index (χ3n) is 2.97. The van der Waals surface area contributed by atoms with Gasteiger partial charge in [0.25, 0.3) is 0 Å². The summed E-state index contributed by atoms with van der Waals surface area (Å²) in [6, 6.07) is 4.23. The average molecular weight is 185 g/mol. The van der Waals surface area contributed by atoms with E-state index in [9.17, 15) is 0 Å². The van der Waals surface area contributed by atoms with Crippen LogP contribution >= 0.6 is 0 Å². The van der Waals surface area contributed by atoms with Crippen molar-refractivity contribution < 1.29 is 0 Å². The molecule has 1 aromatic rings. The van der Waals surface area contributed by atoms with Gasteiger partial charge < -0.3 is 0 Å². The number of hydrogen-bond donors (Lipinski definition) is 0. The second kappa shape index (κ2) is 3.13. The Balaban J connectivity index is 2.37. The Hall–Kier alpha value is -1.29. The summed E-state index contributed by atoms with van der Waals surface area (Å²) < 4.78 is 0. The van der Waals surface area contributed by atoms with E-state index in [1.165, 1.54) is 5.56 Å². The first kappa shape index (κ1) is 9.27. The summed E-state index contributed by atoms with van der Waals surface area (Å²) in [5.74, 6) is 3.42. The van der Waals surface area contributed by atoms with E-state index in [4.69, 9.17) is 6.42 Å². The molecule has 1 heteroatoms. The van der Waals surface area contributed by atoms with Gasteiger partial charge in [-0.05, 0) is 36.5 Å². The van der Waals surface area contributed by atoms with Crippen LogP contribution in [0.5, 0.6) is 0 Å². The second-order valence-corrected chi connectivity index (χ2v) is 4.36. The van der Waals surface area contributed by atoms with Crippen molar-refractivity contribution >= 4 is 0 Å². The number of terminal acetylenes is 1. The molecule has 2 rings (SSSR count). The number of nitrogens with zero attached hydrogens (tertiary/aromatic N) is 1. The van der Waals surface area contributed by atoms with Crippen molar-refractivity contribution in [2.45, 2.75) is 38.0 Å². The summed E-state index contributed by atoms with van der Waals surface area (Å²) in [6.45, 7) is 4.38. The molecule has 1 saturated carbocycles. The smallest absolute Gasteiger partial charge is 0.0733 e. The quantitative estimate of drug-likeness (QED) is 0.646. The minimum absolute atomic E-state index is 0.0229. The number of aromatic nitrogens is 1. The zero-order valence-electron chi connectivity index (χ0n) is 8.75. The first-order valence-corrected chi connectivity index (χ1v) is 5.12. The van der Waals surface area contributed by atoms with Gasteiger partial charge in [0.2, 0.25) is 0 Å². The zero-order valence-corrected chi connectivity index (χ0v) is 8.75. The average Bonchev–Trinajstić information content (AvgIpc) is 2.98. The van der Waals surface area contributed by atoms with Gasteiger partial charge in [-0.15, -0.1) is 6.42 Å². The van der Waals surface area contributed by atoms with Gasteiger partial charge in [0.15, 0.2) is 0 Å². The van der Waals surface area contributed by atoms with Gasteiger partial charge in [-0.3, -0.25) is 4.98 Å². The second-order valence-electron chi connectivity index (χ2n) is 4.36. The molecule has 0 amide bonds. The van der Waals surface area contributed by atoms with Crippen LogP contribution in [0.3, 0.4) is 0 Å². The van der Waals surface area contributed by atoms with Crippen LogP contribution in [-0.4, -0.2) is 4.98 Å². The van der Waals surface area contributed by atoms with Gasteiger partial charge in [0, 0.05) is 6.20 Å². The zero-order chi connectivity index (χ0) is 10.2. The van der Waals surface area contributed by atoms with E-state index in [2.05, 4.69) is 36.9 Å². The standard InChI is InChI=1S/C13H15N/c1-4-13(6-7-13)12-9-11(10(2)3)5-8-14-12/h1,5,8-10H,6-7H2,2-3H3. The topological polar surface area (TPSA) is 12.9 Å². The fraction of sp³-hybridized carbons (Fsp3) is 0.462. The molecule has 0 saturated heterocycles. The fourth-order valence-electron chi connectivity index (χ4n) is 1.67. The molecule has 1 aliphatic carbocycles. The summed E-state index contributed by atoms with van der Waals surface area (Å²) in [7, 11) is 0. The first-order chi connectivity index (χ1) is 6.68. The van der Waals surface area contributed by atoms with Crippen LogP contribution in [0.4, 0.5) is 0 Å². The van der Waals surface area contributed by atoms with Gasteiger partial charge in [-0.25, -0.2) is 0 Å². The van der Waals surface area contributed by atoms with Crippen molar-refractivity contribution in [2.75, 3.05) is 0 Å². The lowest BCUT2D eigenvalue weighted by Crippen LogP contribution is -2.06. The van der Waals surface area contributed by atoms with Crippen LogP contribution in [0.1, 0.15) is 43.9 Å². The molecular weight excluding hydrogens is 170 g/mol. The largest absolute Gasteiger partial charge is 0.260 e. The molecule has 1 fully saturated rings. The molecule has 0 atom stereocenters. The summed E-state index contributed by atoms with van der Waals surface area (Å²) in [5, 5.41) is 0. The third kappa shape index (κ3) is 1.42.